The lowest BCUT2D eigenvalue weighted by molar-refractivity contribution is -0.114. The number of carbonyl (C=O) groups excluding carboxylic acids is 1. The first kappa shape index (κ1) is 19.5. The number of phenolic OH excluding ortho intramolecular Hbond substituents is 1. The van der Waals surface area contributed by atoms with Crippen molar-refractivity contribution in [2.24, 2.45) is 4.99 Å². The highest BCUT2D eigenvalue weighted by Gasteiger charge is 2.20. The van der Waals surface area contributed by atoms with E-state index in [1.165, 1.54) is 17.8 Å². The number of guanidine groups is 1. The topological polar surface area (TPSA) is 80.2 Å². The number of aromatic hydroxyl groups is 1. The van der Waals surface area contributed by atoms with Crippen molar-refractivity contribution in [1.29, 1.82) is 0 Å². The molecular weight excluding hydrogens is 354 g/mol. The molecule has 7 heteroatoms. The molecule has 0 aliphatic carbocycles. The highest BCUT2D eigenvalue weighted by Crippen LogP contribution is 2.16. The number of amides is 1. The van der Waals surface area contributed by atoms with Gasteiger partial charge in [-0.05, 0) is 43.3 Å². The number of piperazine rings is 1. The Morgan fingerprint density at radius 3 is 2.36 bits per heavy atom. The van der Waals surface area contributed by atoms with Gasteiger partial charge in [-0.15, -0.1) is 0 Å². The standard InChI is InChI=1S/C21H27N5O2/c1-2-22-21(23-16-20(28)24-17-8-10-19(27)11-9-17)26-14-12-25(13-15-26)18-6-4-3-5-7-18/h3-11,27H,2,12-16H2,1H3,(H,22,23)(H,24,28). The lowest BCUT2D eigenvalue weighted by Crippen LogP contribution is -2.52. The van der Waals surface area contributed by atoms with Gasteiger partial charge < -0.3 is 25.5 Å². The van der Waals surface area contributed by atoms with Crippen molar-refractivity contribution >= 4 is 23.2 Å². The van der Waals surface area contributed by atoms with Crippen LogP contribution in [0.3, 0.4) is 0 Å². The molecule has 0 bridgehead atoms. The van der Waals surface area contributed by atoms with Crippen LogP contribution >= 0.6 is 0 Å². The fourth-order valence-corrected chi connectivity index (χ4v) is 3.13. The predicted molar refractivity (Wildman–Crippen MR) is 113 cm³/mol. The van der Waals surface area contributed by atoms with Gasteiger partial charge in [-0.2, -0.15) is 0 Å². The maximum atomic E-state index is 12.2. The number of nitrogens with one attached hydrogen (secondary N) is 2. The molecule has 2 aromatic rings. The van der Waals surface area contributed by atoms with E-state index in [0.29, 0.717) is 5.69 Å². The van der Waals surface area contributed by atoms with Crippen molar-refractivity contribution in [3.63, 3.8) is 0 Å². The van der Waals surface area contributed by atoms with Crippen LogP contribution in [0, 0.1) is 0 Å². The molecule has 0 unspecified atom stereocenters. The van der Waals surface area contributed by atoms with E-state index in [1.807, 2.05) is 13.0 Å². The molecule has 0 atom stereocenters. The van der Waals surface area contributed by atoms with Crippen molar-refractivity contribution in [3.05, 3.63) is 54.6 Å². The molecule has 2 aromatic carbocycles. The van der Waals surface area contributed by atoms with Crippen LogP contribution < -0.4 is 15.5 Å². The molecule has 1 fully saturated rings. The average Bonchev–Trinajstić information content (AvgIpc) is 2.73. The number of carbonyl (C=O) groups is 1. The molecule has 1 saturated heterocycles. The first-order valence-electron chi connectivity index (χ1n) is 9.58. The summed E-state index contributed by atoms with van der Waals surface area (Å²) in [5.41, 5.74) is 1.87. The maximum absolute atomic E-state index is 12.2. The summed E-state index contributed by atoms with van der Waals surface area (Å²) in [6.07, 6.45) is 0. The van der Waals surface area contributed by atoms with Crippen molar-refractivity contribution in [2.75, 3.05) is 49.5 Å². The van der Waals surface area contributed by atoms with E-state index in [-0.39, 0.29) is 18.2 Å². The van der Waals surface area contributed by atoms with Crippen LogP contribution in [0.25, 0.3) is 0 Å². The summed E-state index contributed by atoms with van der Waals surface area (Å²) in [5, 5.41) is 15.4. The van der Waals surface area contributed by atoms with E-state index in [2.05, 4.69) is 49.7 Å². The van der Waals surface area contributed by atoms with Gasteiger partial charge in [-0.3, -0.25) is 4.79 Å². The minimum absolute atomic E-state index is 0.0438. The van der Waals surface area contributed by atoms with Crippen LogP contribution in [0.15, 0.2) is 59.6 Å². The van der Waals surface area contributed by atoms with Crippen molar-refractivity contribution in [3.8, 4) is 5.75 Å². The van der Waals surface area contributed by atoms with Gasteiger partial charge in [-0.1, -0.05) is 18.2 Å². The molecule has 3 rings (SSSR count). The normalized spacial score (nSPS) is 14.7. The molecule has 0 saturated carbocycles. The molecule has 7 nitrogen and oxygen atoms in total. The van der Waals surface area contributed by atoms with Gasteiger partial charge in [0.1, 0.15) is 12.3 Å². The highest BCUT2D eigenvalue weighted by atomic mass is 16.3. The molecule has 0 aromatic heterocycles. The molecule has 148 valence electrons. The summed E-state index contributed by atoms with van der Waals surface area (Å²) in [6, 6.07) is 16.8. The molecular formula is C21H27N5O2. The SMILES string of the molecule is CCNC(=NCC(=O)Nc1ccc(O)cc1)N1CCN(c2ccccc2)CC1. The minimum atomic E-state index is -0.191. The number of hydrogen-bond donors (Lipinski definition) is 3. The molecule has 3 N–H and O–H groups in total. The second-order valence-electron chi connectivity index (χ2n) is 6.57. The van der Waals surface area contributed by atoms with Crippen molar-refractivity contribution < 1.29 is 9.90 Å². The Hall–Kier alpha value is -3.22. The molecule has 1 amide bonds. The van der Waals surface area contributed by atoms with Gasteiger partial charge in [0, 0.05) is 44.1 Å². The van der Waals surface area contributed by atoms with E-state index in [9.17, 15) is 9.90 Å². The number of benzene rings is 2. The Morgan fingerprint density at radius 1 is 1.04 bits per heavy atom. The molecule has 1 aliphatic rings. The number of hydrogen-bond acceptors (Lipinski definition) is 4. The number of nitrogens with zero attached hydrogens (tertiary/aromatic N) is 3. The quantitative estimate of drug-likeness (QED) is 0.420. The largest absolute Gasteiger partial charge is 0.508 e. The maximum Gasteiger partial charge on any atom is 0.246 e. The number of para-hydroxylation sites is 1. The van der Waals surface area contributed by atoms with Gasteiger partial charge in [0.2, 0.25) is 5.91 Å². The highest BCUT2D eigenvalue weighted by molar-refractivity contribution is 5.94. The number of anilines is 2. The number of aliphatic imine (C=N–C) groups is 1. The third-order valence-corrected chi connectivity index (χ3v) is 4.56. The van der Waals surface area contributed by atoms with Crippen molar-refractivity contribution in [2.45, 2.75) is 6.92 Å². The fraction of sp³-hybridized carbons (Fsp3) is 0.333. The van der Waals surface area contributed by atoms with E-state index in [4.69, 9.17) is 0 Å². The zero-order valence-electron chi connectivity index (χ0n) is 16.1. The summed E-state index contributed by atoms with van der Waals surface area (Å²) in [5.74, 6) is 0.736. The lowest BCUT2D eigenvalue weighted by atomic mass is 10.2. The van der Waals surface area contributed by atoms with E-state index in [0.717, 1.165) is 38.7 Å². The van der Waals surface area contributed by atoms with Gasteiger partial charge in [-0.25, -0.2) is 4.99 Å². The van der Waals surface area contributed by atoms with Crippen LogP contribution in [0.5, 0.6) is 5.75 Å². The third-order valence-electron chi connectivity index (χ3n) is 4.56. The second-order valence-corrected chi connectivity index (χ2v) is 6.57. The first-order chi connectivity index (χ1) is 13.7. The lowest BCUT2D eigenvalue weighted by Gasteiger charge is -2.37. The predicted octanol–water partition coefficient (Wildman–Crippen LogP) is 2.12. The zero-order valence-corrected chi connectivity index (χ0v) is 16.1. The van der Waals surface area contributed by atoms with E-state index >= 15 is 0 Å². The fourth-order valence-electron chi connectivity index (χ4n) is 3.13. The van der Waals surface area contributed by atoms with Crippen LogP contribution in [0.2, 0.25) is 0 Å². The smallest absolute Gasteiger partial charge is 0.246 e. The first-order valence-corrected chi connectivity index (χ1v) is 9.58. The van der Waals surface area contributed by atoms with E-state index < -0.39 is 0 Å². The van der Waals surface area contributed by atoms with Crippen LogP contribution in [-0.2, 0) is 4.79 Å². The van der Waals surface area contributed by atoms with Gasteiger partial charge in [0.15, 0.2) is 5.96 Å². The summed E-state index contributed by atoms with van der Waals surface area (Å²) in [4.78, 5) is 21.2. The van der Waals surface area contributed by atoms with Crippen LogP contribution in [0.4, 0.5) is 11.4 Å². The van der Waals surface area contributed by atoms with Gasteiger partial charge in [0.05, 0.1) is 0 Å². The summed E-state index contributed by atoms with van der Waals surface area (Å²) in [6.45, 7) is 6.33. The zero-order chi connectivity index (χ0) is 19.8. The summed E-state index contributed by atoms with van der Waals surface area (Å²) >= 11 is 0. The van der Waals surface area contributed by atoms with Crippen LogP contribution in [0.1, 0.15) is 6.92 Å². The van der Waals surface area contributed by atoms with Gasteiger partial charge in [0.25, 0.3) is 0 Å². The Labute approximate surface area is 165 Å². The van der Waals surface area contributed by atoms with Crippen LogP contribution in [-0.4, -0.2) is 61.1 Å². The summed E-state index contributed by atoms with van der Waals surface area (Å²) < 4.78 is 0. The molecule has 0 radical (unpaired) electrons. The molecule has 28 heavy (non-hydrogen) atoms. The minimum Gasteiger partial charge on any atom is -0.508 e. The second kappa shape index (κ2) is 9.64. The Bertz CT molecular complexity index is 784. The molecule has 1 aliphatic heterocycles. The van der Waals surface area contributed by atoms with E-state index in [1.54, 1.807) is 12.1 Å². The Kier molecular flexibility index (Phi) is 6.73. The van der Waals surface area contributed by atoms with Gasteiger partial charge >= 0.3 is 0 Å². The summed E-state index contributed by atoms with van der Waals surface area (Å²) in [7, 11) is 0. The Morgan fingerprint density at radius 2 is 1.71 bits per heavy atom. The molecule has 0 spiro atoms. The monoisotopic (exact) mass is 381 g/mol. The Balaban J connectivity index is 1.55. The third kappa shape index (κ3) is 5.39. The average molecular weight is 381 g/mol. The van der Waals surface area contributed by atoms with Crippen molar-refractivity contribution in [1.82, 2.24) is 10.2 Å². The number of rotatable bonds is 5. The molecule has 1 heterocycles. The number of phenols is 1.